The third-order valence-electron chi connectivity index (χ3n) is 4.96. The molecule has 1 N–H and O–H groups in total. The average Bonchev–Trinajstić information content (AvgIpc) is 2.64. The van der Waals surface area contributed by atoms with Crippen LogP contribution >= 0.6 is 0 Å². The van der Waals surface area contributed by atoms with Gasteiger partial charge in [-0.2, -0.15) is 4.73 Å². The molecule has 0 aliphatic carbocycles. The summed E-state index contributed by atoms with van der Waals surface area (Å²) in [6.45, 7) is 4.85. The van der Waals surface area contributed by atoms with Crippen LogP contribution < -0.4 is 10.0 Å². The van der Waals surface area contributed by atoms with E-state index >= 15 is 0 Å². The number of nitrogens with one attached hydrogen (secondary N) is 1. The number of hydrogen-bond acceptors (Lipinski definition) is 3. The molecule has 1 aliphatic heterocycles. The molecular weight excluding hydrogens is 314 g/mol. The molecular formula is C20H25N3O2. The number of carbonyl (C=O) groups excluding carboxylic acids is 1. The number of piperidine rings is 1. The number of carbonyl (C=O) groups is 1. The van der Waals surface area contributed by atoms with Gasteiger partial charge in [-0.15, -0.1) is 0 Å². The third kappa shape index (κ3) is 4.37. The van der Waals surface area contributed by atoms with Crippen LogP contribution in [0.25, 0.3) is 0 Å². The highest BCUT2D eigenvalue weighted by molar-refractivity contribution is 5.90. The van der Waals surface area contributed by atoms with E-state index in [1.807, 2.05) is 18.2 Å². The predicted molar refractivity (Wildman–Crippen MR) is 96.9 cm³/mol. The standard InChI is InChI=1S/C20H25N3O2/c1-16-10-13-22(14-11-16)19(17-7-3-2-4-8-17)15-21-20(24)18-9-5-6-12-23(18)25/h2-9,12,16,19H,10-11,13-15H2,1H3,(H,21,24)/t19-/m0/s1. The summed E-state index contributed by atoms with van der Waals surface area (Å²) in [5, 5.41) is 14.7. The molecule has 0 radical (unpaired) electrons. The molecule has 0 bridgehead atoms. The van der Waals surface area contributed by atoms with E-state index in [9.17, 15) is 10.0 Å². The summed E-state index contributed by atoms with van der Waals surface area (Å²) in [6.07, 6.45) is 3.70. The molecule has 5 heteroatoms. The van der Waals surface area contributed by atoms with Gasteiger partial charge < -0.3 is 10.5 Å². The van der Waals surface area contributed by atoms with E-state index in [0.29, 0.717) is 11.3 Å². The molecule has 1 saturated heterocycles. The van der Waals surface area contributed by atoms with Crippen molar-refractivity contribution in [2.75, 3.05) is 19.6 Å². The first-order valence-corrected chi connectivity index (χ1v) is 8.90. The highest BCUT2D eigenvalue weighted by Crippen LogP contribution is 2.26. The summed E-state index contributed by atoms with van der Waals surface area (Å²) < 4.78 is 0.607. The van der Waals surface area contributed by atoms with Gasteiger partial charge in [-0.1, -0.05) is 37.3 Å². The molecule has 1 aromatic carbocycles. The zero-order valence-corrected chi connectivity index (χ0v) is 14.6. The van der Waals surface area contributed by atoms with Crippen LogP contribution in [0.2, 0.25) is 0 Å². The Hall–Kier alpha value is -2.40. The van der Waals surface area contributed by atoms with Gasteiger partial charge in [-0.05, 0) is 43.5 Å². The average molecular weight is 339 g/mol. The van der Waals surface area contributed by atoms with Crippen LogP contribution in [-0.4, -0.2) is 30.4 Å². The van der Waals surface area contributed by atoms with E-state index in [-0.39, 0.29) is 17.6 Å². The summed E-state index contributed by atoms with van der Waals surface area (Å²) in [5.41, 5.74) is 1.32. The summed E-state index contributed by atoms with van der Waals surface area (Å²) in [7, 11) is 0. The van der Waals surface area contributed by atoms with Crippen LogP contribution in [0.4, 0.5) is 0 Å². The number of rotatable bonds is 5. The number of likely N-dealkylation sites (tertiary alicyclic amines) is 1. The largest absolute Gasteiger partial charge is 0.618 e. The lowest BCUT2D eigenvalue weighted by Gasteiger charge is -2.37. The third-order valence-corrected chi connectivity index (χ3v) is 4.96. The smallest absolute Gasteiger partial charge is 0.317 e. The monoisotopic (exact) mass is 339 g/mol. The molecule has 2 heterocycles. The van der Waals surface area contributed by atoms with E-state index in [0.717, 1.165) is 19.0 Å². The normalized spacial score (nSPS) is 17.2. The van der Waals surface area contributed by atoms with E-state index in [4.69, 9.17) is 0 Å². The van der Waals surface area contributed by atoms with Crippen LogP contribution in [-0.2, 0) is 0 Å². The minimum absolute atomic E-state index is 0.126. The molecule has 1 aromatic heterocycles. The Labute approximate surface area is 148 Å². The number of pyridine rings is 1. The van der Waals surface area contributed by atoms with Crippen molar-refractivity contribution in [3.63, 3.8) is 0 Å². The van der Waals surface area contributed by atoms with Gasteiger partial charge in [0.1, 0.15) is 0 Å². The minimum Gasteiger partial charge on any atom is -0.618 e. The van der Waals surface area contributed by atoms with Crippen LogP contribution in [0.5, 0.6) is 0 Å². The van der Waals surface area contributed by atoms with Gasteiger partial charge in [0.2, 0.25) is 0 Å². The van der Waals surface area contributed by atoms with Gasteiger partial charge in [0.25, 0.3) is 5.69 Å². The highest BCUT2D eigenvalue weighted by Gasteiger charge is 2.26. The van der Waals surface area contributed by atoms with Gasteiger partial charge in [0.15, 0.2) is 6.20 Å². The highest BCUT2D eigenvalue weighted by atomic mass is 16.5. The van der Waals surface area contributed by atoms with Crippen molar-refractivity contribution in [3.05, 3.63) is 71.2 Å². The van der Waals surface area contributed by atoms with Crippen molar-refractivity contribution in [2.24, 2.45) is 5.92 Å². The van der Waals surface area contributed by atoms with Crippen LogP contribution in [0.15, 0.2) is 54.7 Å². The molecule has 132 valence electrons. The number of aromatic nitrogens is 1. The SMILES string of the molecule is CC1CCN([C@@H](CNC(=O)c2cccc[n+]2[O-])c2ccccc2)CC1. The summed E-state index contributed by atoms with van der Waals surface area (Å²) in [4.78, 5) is 14.8. The van der Waals surface area contributed by atoms with Gasteiger partial charge in [0.05, 0.1) is 6.04 Å². The fourth-order valence-corrected chi connectivity index (χ4v) is 3.36. The lowest BCUT2D eigenvalue weighted by Crippen LogP contribution is -2.44. The van der Waals surface area contributed by atoms with Gasteiger partial charge in [-0.3, -0.25) is 9.69 Å². The number of amides is 1. The Balaban J connectivity index is 1.72. The number of hydrogen-bond donors (Lipinski definition) is 1. The van der Waals surface area contributed by atoms with Crippen LogP contribution in [0, 0.1) is 11.1 Å². The summed E-state index contributed by atoms with van der Waals surface area (Å²) >= 11 is 0. The zero-order chi connectivity index (χ0) is 17.6. The van der Waals surface area contributed by atoms with Crippen LogP contribution in [0.3, 0.4) is 0 Å². The molecule has 0 saturated carbocycles. The number of benzene rings is 1. The minimum atomic E-state index is -0.332. The fraction of sp³-hybridized carbons (Fsp3) is 0.400. The Morgan fingerprint density at radius 3 is 2.56 bits per heavy atom. The van der Waals surface area contributed by atoms with Crippen molar-refractivity contribution in [1.82, 2.24) is 10.2 Å². The zero-order valence-electron chi connectivity index (χ0n) is 14.6. The van der Waals surface area contributed by atoms with Gasteiger partial charge >= 0.3 is 5.91 Å². The molecule has 0 unspecified atom stereocenters. The van der Waals surface area contributed by atoms with Crippen molar-refractivity contribution in [3.8, 4) is 0 Å². The Morgan fingerprint density at radius 2 is 1.88 bits per heavy atom. The van der Waals surface area contributed by atoms with Crippen molar-refractivity contribution >= 4 is 5.91 Å². The Kier molecular flexibility index (Phi) is 5.66. The summed E-state index contributed by atoms with van der Waals surface area (Å²) in [5.74, 6) is 0.424. The molecule has 5 nitrogen and oxygen atoms in total. The van der Waals surface area contributed by atoms with E-state index in [2.05, 4.69) is 29.3 Å². The molecule has 0 spiro atoms. The van der Waals surface area contributed by atoms with Gasteiger partial charge in [-0.25, -0.2) is 0 Å². The number of nitrogens with zero attached hydrogens (tertiary/aromatic N) is 2. The Morgan fingerprint density at radius 1 is 1.20 bits per heavy atom. The second-order valence-corrected chi connectivity index (χ2v) is 6.77. The maximum atomic E-state index is 12.4. The molecule has 2 aromatic rings. The Bertz CT molecular complexity index is 697. The van der Waals surface area contributed by atoms with Crippen LogP contribution in [0.1, 0.15) is 41.9 Å². The van der Waals surface area contributed by atoms with E-state index < -0.39 is 0 Å². The first-order valence-electron chi connectivity index (χ1n) is 8.90. The summed E-state index contributed by atoms with van der Waals surface area (Å²) in [6, 6.07) is 15.2. The maximum absolute atomic E-state index is 12.4. The maximum Gasteiger partial charge on any atom is 0.317 e. The van der Waals surface area contributed by atoms with E-state index in [1.165, 1.54) is 24.6 Å². The van der Waals surface area contributed by atoms with Gasteiger partial charge in [0, 0.05) is 18.7 Å². The lowest BCUT2D eigenvalue weighted by molar-refractivity contribution is -0.607. The second kappa shape index (κ2) is 8.12. The van der Waals surface area contributed by atoms with Crippen molar-refractivity contribution in [1.29, 1.82) is 0 Å². The molecule has 1 amide bonds. The first kappa shape index (κ1) is 17.4. The van der Waals surface area contributed by atoms with Crippen molar-refractivity contribution in [2.45, 2.75) is 25.8 Å². The van der Waals surface area contributed by atoms with Crippen molar-refractivity contribution < 1.29 is 9.52 Å². The quantitative estimate of drug-likeness (QED) is 0.673. The second-order valence-electron chi connectivity index (χ2n) is 6.77. The predicted octanol–water partition coefficient (Wildman–Crippen LogP) is 2.52. The molecule has 1 fully saturated rings. The fourth-order valence-electron chi connectivity index (χ4n) is 3.36. The molecule has 25 heavy (non-hydrogen) atoms. The molecule has 1 atom stereocenters. The molecule has 3 rings (SSSR count). The topological polar surface area (TPSA) is 59.3 Å². The first-order chi connectivity index (χ1) is 12.1. The van der Waals surface area contributed by atoms with E-state index in [1.54, 1.807) is 18.2 Å². The lowest BCUT2D eigenvalue weighted by atomic mass is 9.95. The molecule has 1 aliphatic rings.